The summed E-state index contributed by atoms with van der Waals surface area (Å²) in [5, 5.41) is 55.5. The van der Waals surface area contributed by atoms with Crippen molar-refractivity contribution in [3.63, 3.8) is 0 Å². The molecule has 1 aliphatic heterocycles. The molecule has 6 aromatic carbocycles. The van der Waals surface area contributed by atoms with E-state index >= 15 is 38.4 Å². The number of hydrogen-bond donors (Lipinski definition) is 14. The van der Waals surface area contributed by atoms with Crippen LogP contribution in [-0.2, 0) is 120 Å². The quantitative estimate of drug-likeness (QED) is 0.0409. The lowest BCUT2D eigenvalue weighted by Crippen LogP contribution is -2.62. The number of para-hydroxylation sites is 1. The third-order valence-corrected chi connectivity index (χ3v) is 23.3. The molecule has 8 rings (SSSR count). The van der Waals surface area contributed by atoms with E-state index in [0.717, 1.165) is 36.3 Å². The standard InChI is InChI=1S/C93H118N16O20S/c1-11-12-32-74-91(126)106(6)52-79(114)98-70(48-81(116)117)87(122)104-82(56(4)129-10)93(128)108(8)75(45-58-26-18-14-19-27-58)88(123)102-71(44-61-35-39-64(111)40-36-61)89(124)105(5)51-78(113)97-69(47-62-49-95-66-31-23-22-30-65(62)66)86(121)101-68(42-60-33-37-63(110)38-34-60)85(120)100-67(41-55(2)3)84(119)103-73(83(118)96-50-77(94)112)53-130-54-80(115)99-72(43-57-24-16-13-17-25-57)90(125)109(9)76(92(127)107(74)7)46-59-28-20-15-21-29-59/h13-31,33-40,49,55-56,67-76,82,95,110-111H,11-12,32,41-48,50-54H2,1-10H3,(H2,94,112)(H,96,118)(H,97,113)(H,98,114)(H,99,115)(H,100,120)(H,101,121)(H,102,123)(H,103,119)(H,104,122)(H,116,117). The van der Waals surface area contributed by atoms with Crippen molar-refractivity contribution in [3.05, 3.63) is 203 Å². The van der Waals surface area contributed by atoms with Gasteiger partial charge >= 0.3 is 5.97 Å². The second-order valence-electron chi connectivity index (χ2n) is 32.8. The number of aromatic nitrogens is 1. The largest absolute Gasteiger partial charge is 0.508 e. The third kappa shape index (κ3) is 30.5. The highest BCUT2D eigenvalue weighted by molar-refractivity contribution is 8.00. The average molecular weight is 1810 g/mol. The second kappa shape index (κ2) is 49.6. The number of aromatic hydroxyl groups is 2. The number of amides is 15. The Morgan fingerprint density at radius 3 is 1.46 bits per heavy atom. The van der Waals surface area contributed by atoms with E-state index in [4.69, 9.17) is 10.5 Å². The molecule has 36 nitrogen and oxygen atoms in total. The van der Waals surface area contributed by atoms with Gasteiger partial charge in [0, 0.05) is 104 Å². The first kappa shape index (κ1) is 102. The maximum Gasteiger partial charge on any atom is 0.305 e. The minimum absolute atomic E-state index is 0.0185. The number of unbranched alkanes of at least 4 members (excludes halogenated alkanes) is 1. The number of primary amides is 1. The average Bonchev–Trinajstić information content (AvgIpc) is 1.02. The summed E-state index contributed by atoms with van der Waals surface area (Å²) < 4.78 is 5.64. The van der Waals surface area contributed by atoms with Crippen LogP contribution in [0.4, 0.5) is 0 Å². The van der Waals surface area contributed by atoms with Crippen LogP contribution in [0.25, 0.3) is 10.9 Å². The number of carbonyl (C=O) groups is 16. The summed E-state index contributed by atoms with van der Waals surface area (Å²) in [6.45, 7) is 4.39. The number of carboxylic acids is 1. The first-order valence-corrected chi connectivity index (χ1v) is 43.9. The molecule has 696 valence electrons. The minimum Gasteiger partial charge on any atom is -0.508 e. The molecule has 37 heteroatoms. The zero-order chi connectivity index (χ0) is 95.0. The molecule has 2 heterocycles. The van der Waals surface area contributed by atoms with Crippen molar-refractivity contribution in [2.24, 2.45) is 11.7 Å². The third-order valence-electron chi connectivity index (χ3n) is 22.2. The number of phenols is 2. The van der Waals surface area contributed by atoms with E-state index in [1.54, 1.807) is 135 Å². The minimum atomic E-state index is -1.96. The maximum atomic E-state index is 15.5. The molecule has 1 aromatic heterocycles. The molecule has 1 aliphatic rings. The van der Waals surface area contributed by atoms with Gasteiger partial charge in [-0.05, 0) is 89.4 Å². The number of fused-ring (bicyclic) bond motifs is 1. The Morgan fingerprint density at radius 1 is 0.477 bits per heavy atom. The summed E-state index contributed by atoms with van der Waals surface area (Å²) >= 11 is 0.826. The van der Waals surface area contributed by atoms with Crippen molar-refractivity contribution in [2.75, 3.05) is 73.5 Å². The lowest BCUT2D eigenvalue weighted by Gasteiger charge is -2.37. The van der Waals surface area contributed by atoms with E-state index in [1.165, 1.54) is 97.8 Å². The number of aliphatic carboxylic acids is 1. The van der Waals surface area contributed by atoms with Gasteiger partial charge in [0.2, 0.25) is 88.6 Å². The Morgan fingerprint density at radius 2 is 0.923 bits per heavy atom. The number of carboxylic acid groups (broad SMARTS) is 1. The van der Waals surface area contributed by atoms with E-state index in [0.29, 0.717) is 57.1 Å². The number of hydrogen-bond acceptors (Lipinski definition) is 20. The first-order chi connectivity index (χ1) is 61.9. The SMILES string of the molecule is CCCCC1C(=O)N(C)CC(=O)NC(CC(=O)O)C(=O)NC(C(C)OC)C(=O)N(C)C(Cc2ccccc2)C(=O)NC(Cc2ccc(O)cc2)C(=O)N(C)CC(=O)NC(Cc2c[nH]c3ccccc23)C(=O)NC(Cc2ccc(O)cc2)C(=O)NC(CC(C)C)C(=O)NC(C(=O)NCC(N)=O)CSCC(=O)NC(Cc2ccccc2)C(=O)N(C)C(Cc2ccccc2)C(=O)N1C. The van der Waals surface area contributed by atoms with E-state index < -0.39 is 199 Å². The van der Waals surface area contributed by atoms with E-state index in [1.807, 2.05) is 6.92 Å². The summed E-state index contributed by atoms with van der Waals surface area (Å²) in [7, 11) is 7.67. The predicted octanol–water partition coefficient (Wildman–Crippen LogP) is 1.71. The number of thioether (sulfide) groups is 1. The molecule has 0 bridgehead atoms. The number of H-pyrrole nitrogens is 1. The molecule has 15 N–H and O–H groups in total. The Balaban J connectivity index is 1.22. The topological polar surface area (TPSA) is 509 Å². The Labute approximate surface area is 758 Å². The maximum absolute atomic E-state index is 15.5. The van der Waals surface area contributed by atoms with Gasteiger partial charge in [-0.1, -0.05) is 167 Å². The molecule has 0 spiro atoms. The van der Waals surface area contributed by atoms with Crippen molar-refractivity contribution in [2.45, 2.75) is 171 Å². The second-order valence-corrected chi connectivity index (χ2v) is 33.8. The molecule has 0 saturated carbocycles. The molecule has 1 saturated heterocycles. The first-order valence-electron chi connectivity index (χ1n) is 42.7. The lowest BCUT2D eigenvalue weighted by molar-refractivity contribution is -0.151. The number of benzene rings is 6. The van der Waals surface area contributed by atoms with Crippen molar-refractivity contribution in [3.8, 4) is 11.5 Å². The highest BCUT2D eigenvalue weighted by Crippen LogP contribution is 2.25. The van der Waals surface area contributed by atoms with E-state index in [9.17, 15) is 53.7 Å². The molecule has 1 fully saturated rings. The number of likely N-dealkylation sites (N-methyl/N-ethyl adjacent to an activating group) is 5. The number of ether oxygens (including phenoxy) is 1. The molecule has 12 unspecified atom stereocenters. The van der Waals surface area contributed by atoms with Crippen LogP contribution in [0.15, 0.2) is 170 Å². The lowest BCUT2D eigenvalue weighted by atomic mass is 9.99. The predicted molar refractivity (Wildman–Crippen MR) is 484 cm³/mol. The van der Waals surface area contributed by atoms with Crippen LogP contribution in [0.2, 0.25) is 0 Å². The van der Waals surface area contributed by atoms with Crippen molar-refractivity contribution >= 4 is 117 Å². The molecule has 130 heavy (non-hydrogen) atoms. The smallest absolute Gasteiger partial charge is 0.305 e. The van der Waals surface area contributed by atoms with Gasteiger partial charge < -0.3 is 103 Å². The Bertz CT molecular complexity index is 5090. The summed E-state index contributed by atoms with van der Waals surface area (Å²) in [4.78, 5) is 244. The van der Waals surface area contributed by atoms with Gasteiger partial charge in [-0.25, -0.2) is 0 Å². The number of nitrogens with one attached hydrogen (secondary N) is 10. The zero-order valence-electron chi connectivity index (χ0n) is 74.5. The number of nitrogens with zero attached hydrogens (tertiary/aromatic N) is 5. The summed E-state index contributed by atoms with van der Waals surface area (Å²) in [6.07, 6.45) is -1.33. The number of carbonyl (C=O) groups excluding carboxylic acids is 15. The van der Waals surface area contributed by atoms with Crippen molar-refractivity contribution < 1.29 is 96.8 Å². The van der Waals surface area contributed by atoms with Gasteiger partial charge in [-0.2, -0.15) is 0 Å². The normalized spacial score (nSPS) is 22.0. The van der Waals surface area contributed by atoms with E-state index in [2.05, 4.69) is 52.8 Å². The molecule has 12 atom stereocenters. The molecule has 0 aliphatic carbocycles. The summed E-state index contributed by atoms with van der Waals surface area (Å²) in [5.41, 5.74) is 9.05. The van der Waals surface area contributed by atoms with Crippen LogP contribution in [0.1, 0.15) is 93.2 Å². The van der Waals surface area contributed by atoms with E-state index in [-0.39, 0.29) is 74.5 Å². The highest BCUT2D eigenvalue weighted by Gasteiger charge is 2.43. The molecular weight excluding hydrogens is 1690 g/mol. The van der Waals surface area contributed by atoms with Crippen LogP contribution < -0.4 is 53.6 Å². The molecule has 7 aromatic rings. The molecule has 0 radical (unpaired) electrons. The Kier molecular flexibility index (Phi) is 38.8. The number of aromatic amines is 1. The zero-order valence-corrected chi connectivity index (χ0v) is 75.3. The molecule has 15 amide bonds. The van der Waals surface area contributed by atoms with Gasteiger partial charge in [0.05, 0.1) is 37.9 Å². The van der Waals surface area contributed by atoms with Gasteiger partial charge in [-0.3, -0.25) is 76.7 Å². The molecular formula is C93H118N16O20S. The number of nitrogens with two attached hydrogens (primary N) is 1. The van der Waals surface area contributed by atoms with Gasteiger partial charge in [-0.15, -0.1) is 11.8 Å². The number of phenolic OH excluding ortho intramolecular Hbond substituents is 2. The van der Waals surface area contributed by atoms with Crippen molar-refractivity contribution in [1.29, 1.82) is 0 Å². The fraction of sp³-hybridized carbons (Fsp3) is 0.419. The van der Waals surface area contributed by atoms with Crippen molar-refractivity contribution in [1.82, 2.24) is 77.3 Å². The van der Waals surface area contributed by atoms with Crippen LogP contribution in [-0.4, -0.2) is 285 Å². The summed E-state index contributed by atoms with van der Waals surface area (Å²) in [5.74, 6) is -17.0. The number of methoxy groups -OCH3 is 1. The van der Waals surface area contributed by atoms with Crippen LogP contribution in [0.5, 0.6) is 11.5 Å². The Hall–Kier alpha value is -13.7. The monoisotopic (exact) mass is 1810 g/mol. The van der Waals surface area contributed by atoms with Crippen LogP contribution in [0.3, 0.4) is 0 Å². The van der Waals surface area contributed by atoms with Gasteiger partial charge in [0.25, 0.3) is 0 Å². The van der Waals surface area contributed by atoms with Crippen LogP contribution in [0, 0.1) is 5.92 Å². The highest BCUT2D eigenvalue weighted by atomic mass is 32.2. The number of rotatable bonds is 24. The van der Waals surface area contributed by atoms with Crippen LogP contribution >= 0.6 is 11.8 Å². The van der Waals surface area contributed by atoms with Gasteiger partial charge in [0.1, 0.15) is 78.0 Å². The fourth-order valence-electron chi connectivity index (χ4n) is 15.0. The summed E-state index contributed by atoms with van der Waals surface area (Å²) in [6, 6.07) is 26.7. The van der Waals surface area contributed by atoms with Gasteiger partial charge in [0.15, 0.2) is 0 Å². The fourth-order valence-corrected chi connectivity index (χ4v) is 15.8.